The van der Waals surface area contributed by atoms with Gasteiger partial charge in [-0.05, 0) is 93.2 Å². The number of aryl methyl sites for hydroxylation is 3. The predicted octanol–water partition coefficient (Wildman–Crippen LogP) is 11.0. The van der Waals surface area contributed by atoms with Crippen molar-refractivity contribution in [2.75, 3.05) is 31.9 Å². The maximum absolute atomic E-state index is 18.2. The third-order valence-electron chi connectivity index (χ3n) is 12.7. The van der Waals surface area contributed by atoms with Crippen molar-refractivity contribution in [3.8, 4) is 40.1 Å². The van der Waals surface area contributed by atoms with E-state index in [-0.39, 0.29) is 53.1 Å². The Morgan fingerprint density at radius 1 is 0.935 bits per heavy atom. The molecule has 11 nitrogen and oxygen atoms in total. The van der Waals surface area contributed by atoms with E-state index in [1.165, 1.54) is 13.2 Å². The minimum Gasteiger partial charge on any atom is -0.468 e. The van der Waals surface area contributed by atoms with Gasteiger partial charge in [-0.3, -0.25) is 9.58 Å². The summed E-state index contributed by atoms with van der Waals surface area (Å²) < 4.78 is 59.9. The Morgan fingerprint density at radius 2 is 1.60 bits per heavy atom. The summed E-state index contributed by atoms with van der Waals surface area (Å²) in [6.45, 7) is 23.4. The van der Waals surface area contributed by atoms with Gasteiger partial charge in [-0.25, -0.2) is 23.5 Å². The molecule has 14 heteroatoms. The topological polar surface area (TPSA) is 104 Å². The molecule has 0 spiro atoms. The Morgan fingerprint density at radius 3 is 2.18 bits per heavy atom. The van der Waals surface area contributed by atoms with Gasteiger partial charge in [0.05, 0.1) is 35.4 Å². The van der Waals surface area contributed by atoms with E-state index in [0.29, 0.717) is 74.4 Å². The molecule has 3 aromatic heterocycles. The number of anilines is 1. The number of fused-ring (bicyclic) bond motifs is 4. The van der Waals surface area contributed by atoms with Crippen LogP contribution >= 0.6 is 0 Å². The van der Waals surface area contributed by atoms with Crippen LogP contribution in [-0.2, 0) is 16.5 Å². The molecule has 2 unspecified atom stereocenters. The molecule has 5 heterocycles. The SMILES string of the molecule is COCOc1cc(-c2nc(Oc3cnn(C)c3)c3c(N4CC5CCC(C4)N5C(=O)OC(C)(C)C)nc(C)c(C)c3c2F)c2c(C#C[Si](C(C)C)(C(C)C)C(C)C)c(F)ccc2c1. The van der Waals surface area contributed by atoms with E-state index in [9.17, 15) is 4.79 Å². The largest absolute Gasteiger partial charge is 0.468 e. The second kappa shape index (κ2) is 17.1. The molecule has 5 aromatic rings. The van der Waals surface area contributed by atoms with Crippen LogP contribution in [0.2, 0.25) is 16.6 Å². The van der Waals surface area contributed by atoms with Crippen molar-refractivity contribution in [3.63, 3.8) is 0 Å². The molecule has 0 aliphatic carbocycles. The summed E-state index contributed by atoms with van der Waals surface area (Å²) in [4.78, 5) is 27.5. The molecule has 2 fully saturated rings. The number of amides is 1. The Balaban J connectivity index is 1.50. The molecule has 2 aliphatic rings. The highest BCUT2D eigenvalue weighted by Crippen LogP contribution is 2.46. The number of rotatable bonds is 10. The Hall–Kier alpha value is -5.26. The Kier molecular flexibility index (Phi) is 12.4. The van der Waals surface area contributed by atoms with E-state index in [4.69, 9.17) is 28.9 Å². The zero-order valence-corrected chi connectivity index (χ0v) is 39.4. The van der Waals surface area contributed by atoms with Gasteiger partial charge in [0, 0.05) is 49.3 Å². The summed E-state index contributed by atoms with van der Waals surface area (Å²) >= 11 is 0. The van der Waals surface area contributed by atoms with E-state index in [1.54, 1.807) is 42.3 Å². The number of carbonyl (C=O) groups excluding carboxylic acids is 1. The lowest BCUT2D eigenvalue weighted by Gasteiger charge is -2.42. The lowest BCUT2D eigenvalue weighted by molar-refractivity contribution is 0.0122. The molecule has 2 atom stereocenters. The van der Waals surface area contributed by atoms with Crippen LogP contribution in [0, 0.1) is 36.9 Å². The summed E-state index contributed by atoms with van der Waals surface area (Å²) in [5.74, 6) is 3.59. The van der Waals surface area contributed by atoms with Crippen molar-refractivity contribution < 1.29 is 32.5 Å². The minimum absolute atomic E-state index is 0.0625. The van der Waals surface area contributed by atoms with Crippen molar-refractivity contribution in [1.29, 1.82) is 0 Å². The van der Waals surface area contributed by atoms with Gasteiger partial charge in [-0.1, -0.05) is 53.5 Å². The Labute approximate surface area is 365 Å². The molecule has 2 saturated heterocycles. The van der Waals surface area contributed by atoms with E-state index in [1.807, 2.05) is 39.5 Å². The number of methoxy groups -OCH3 is 1. The molecule has 2 aromatic carbocycles. The van der Waals surface area contributed by atoms with E-state index in [0.717, 1.165) is 12.8 Å². The molecule has 2 aliphatic heterocycles. The maximum Gasteiger partial charge on any atom is 0.410 e. The van der Waals surface area contributed by atoms with E-state index < -0.39 is 25.3 Å². The van der Waals surface area contributed by atoms with Gasteiger partial charge in [-0.2, -0.15) is 5.10 Å². The van der Waals surface area contributed by atoms with Gasteiger partial charge in [0.25, 0.3) is 0 Å². The van der Waals surface area contributed by atoms with E-state index in [2.05, 4.69) is 63.0 Å². The molecule has 2 bridgehead atoms. The van der Waals surface area contributed by atoms with Crippen LogP contribution in [0.1, 0.15) is 92.0 Å². The number of nitrogens with zero attached hydrogens (tertiary/aromatic N) is 6. The quantitative estimate of drug-likeness (QED) is 0.0771. The molecular weight excluding hydrogens is 807 g/mol. The van der Waals surface area contributed by atoms with Crippen molar-refractivity contribution in [2.24, 2.45) is 7.05 Å². The summed E-state index contributed by atoms with van der Waals surface area (Å²) in [7, 11) is 0.962. The van der Waals surface area contributed by atoms with Gasteiger partial charge in [0.2, 0.25) is 5.88 Å². The molecule has 0 N–H and O–H groups in total. The summed E-state index contributed by atoms with van der Waals surface area (Å²) in [5.41, 5.74) is 5.59. The second-order valence-corrected chi connectivity index (χ2v) is 24.4. The van der Waals surface area contributed by atoms with Crippen LogP contribution in [-0.4, -0.2) is 83.5 Å². The van der Waals surface area contributed by atoms with Gasteiger partial charge in [0.15, 0.2) is 18.4 Å². The number of carbonyl (C=O) groups is 1. The van der Waals surface area contributed by atoms with Crippen LogP contribution in [0.25, 0.3) is 32.8 Å². The Bertz CT molecular complexity index is 2560. The lowest BCUT2D eigenvalue weighted by Crippen LogP contribution is -2.57. The average molecular weight is 867 g/mol. The van der Waals surface area contributed by atoms with Crippen LogP contribution in [0.15, 0.2) is 36.7 Å². The number of halogens is 2. The zero-order chi connectivity index (χ0) is 45.0. The highest BCUT2D eigenvalue weighted by molar-refractivity contribution is 6.90. The smallest absolute Gasteiger partial charge is 0.410 e. The normalized spacial score (nSPS) is 16.8. The number of pyridine rings is 2. The van der Waals surface area contributed by atoms with Crippen molar-refractivity contribution in [2.45, 2.75) is 123 Å². The van der Waals surface area contributed by atoms with Crippen LogP contribution in [0.4, 0.5) is 19.4 Å². The third-order valence-corrected chi connectivity index (χ3v) is 19.0. The first-order valence-corrected chi connectivity index (χ1v) is 23.8. The van der Waals surface area contributed by atoms with Crippen molar-refractivity contribution >= 4 is 41.5 Å². The number of ether oxygens (including phenoxy) is 4. The molecule has 7 rings (SSSR count). The fourth-order valence-electron chi connectivity index (χ4n) is 9.85. The molecular formula is C48H60F2N6O5Si. The highest BCUT2D eigenvalue weighted by Gasteiger charge is 2.46. The monoisotopic (exact) mass is 866 g/mol. The number of piperazine rings is 1. The van der Waals surface area contributed by atoms with Crippen LogP contribution < -0.4 is 14.4 Å². The second-order valence-electron chi connectivity index (χ2n) is 18.8. The van der Waals surface area contributed by atoms with Crippen LogP contribution in [0.3, 0.4) is 0 Å². The van der Waals surface area contributed by atoms with Gasteiger partial charge in [0.1, 0.15) is 36.8 Å². The summed E-state index contributed by atoms with van der Waals surface area (Å²) in [5, 5.41) is 5.99. The fourth-order valence-corrected chi connectivity index (χ4v) is 15.1. The summed E-state index contributed by atoms with van der Waals surface area (Å²) in [6.07, 6.45) is 4.53. The molecule has 62 heavy (non-hydrogen) atoms. The van der Waals surface area contributed by atoms with Crippen LogP contribution in [0.5, 0.6) is 17.4 Å². The highest BCUT2D eigenvalue weighted by atomic mass is 28.3. The first kappa shape index (κ1) is 44.8. The number of hydrogen-bond donors (Lipinski definition) is 0. The first-order chi connectivity index (χ1) is 29.2. The molecule has 330 valence electrons. The van der Waals surface area contributed by atoms with E-state index >= 15 is 8.78 Å². The van der Waals surface area contributed by atoms with Gasteiger partial charge in [-0.15, -0.1) is 5.54 Å². The fraction of sp³-hybridized carbons (Fsp3) is 0.500. The van der Waals surface area contributed by atoms with Gasteiger partial charge >= 0.3 is 6.09 Å². The minimum atomic E-state index is -2.33. The van der Waals surface area contributed by atoms with Crippen molar-refractivity contribution in [3.05, 3.63) is 65.1 Å². The third kappa shape index (κ3) is 8.21. The molecule has 1 amide bonds. The van der Waals surface area contributed by atoms with Crippen molar-refractivity contribution in [1.82, 2.24) is 24.6 Å². The summed E-state index contributed by atoms with van der Waals surface area (Å²) in [6, 6.07) is 6.25. The first-order valence-electron chi connectivity index (χ1n) is 21.6. The number of benzene rings is 2. The predicted molar refractivity (Wildman–Crippen MR) is 243 cm³/mol. The standard InChI is InChI=1S/C48H60F2N6O5Si/c1-27(2)62(28(3)4,29(5)6)19-18-37-39(49)17-14-32-20-35(59-26-58-13)21-38(41(32)37)44-43(50)40-30(7)31(8)52-45(42(40)46(53-44)60-36-22-51-54(12)25-36)55-23-33-15-16-34(24-55)56(33)47(57)61-48(9,10)11/h14,17,20-22,25,27-29,33-34H,15-16,23-24,26H2,1-13H3. The lowest BCUT2D eigenvalue weighted by atomic mass is 9.94. The molecule has 0 radical (unpaired) electrons. The zero-order valence-electron chi connectivity index (χ0n) is 38.4. The van der Waals surface area contributed by atoms with Gasteiger partial charge < -0.3 is 23.8 Å². The average Bonchev–Trinajstić information content (AvgIpc) is 3.73. The number of hydrogen-bond acceptors (Lipinski definition) is 9. The number of aromatic nitrogens is 4. The maximum atomic E-state index is 18.2. The molecule has 0 saturated carbocycles.